The van der Waals surface area contributed by atoms with Crippen LogP contribution in [0.2, 0.25) is 0 Å². The molecule has 1 rings (SSSR count). The molecule has 0 saturated carbocycles. The van der Waals surface area contributed by atoms with Gasteiger partial charge in [-0.05, 0) is 18.2 Å². The summed E-state index contributed by atoms with van der Waals surface area (Å²) >= 11 is 0. The van der Waals surface area contributed by atoms with Gasteiger partial charge in [0.2, 0.25) is 0 Å². The van der Waals surface area contributed by atoms with E-state index in [1.165, 1.54) is 7.11 Å². The van der Waals surface area contributed by atoms with Crippen molar-refractivity contribution < 1.29 is 21.1 Å². The highest BCUT2D eigenvalue weighted by molar-refractivity contribution is 5.88. The van der Waals surface area contributed by atoms with E-state index in [0.717, 1.165) is 12.1 Å². The Bertz CT molecular complexity index is 348. The van der Waals surface area contributed by atoms with Gasteiger partial charge in [0, 0.05) is 0 Å². The smallest absolute Gasteiger partial charge is 0.335 e. The van der Waals surface area contributed by atoms with Crippen molar-refractivity contribution in [1.82, 2.24) is 0 Å². The van der Waals surface area contributed by atoms with Gasteiger partial charge < -0.3 is 14.9 Å². The monoisotopic (exact) mass is 169 g/mol. The van der Waals surface area contributed by atoms with Gasteiger partial charge in [-0.15, -0.1) is 0 Å². The van der Waals surface area contributed by atoms with Gasteiger partial charge in [-0.25, -0.2) is 4.79 Å². The van der Waals surface area contributed by atoms with Crippen LogP contribution in [-0.4, -0.2) is 23.3 Å². The molecule has 2 N–H and O–H groups in total. The standard InChI is InChI=1S/C8H8O4/c1-12-7-4-5(8(10)11)2-3-6(7)9/h2-4,9H,1H3,(H,10,11)/i3D. The molecule has 0 bridgehead atoms. The topological polar surface area (TPSA) is 66.8 Å². The Labute approximate surface area is 70.4 Å². The Morgan fingerprint density at radius 2 is 2.42 bits per heavy atom. The molecule has 0 amide bonds. The predicted molar refractivity (Wildman–Crippen MR) is 41.6 cm³/mol. The minimum absolute atomic E-state index is 0.00935. The lowest BCUT2D eigenvalue weighted by atomic mass is 10.2. The zero-order valence-electron chi connectivity index (χ0n) is 7.37. The summed E-state index contributed by atoms with van der Waals surface area (Å²) in [6.45, 7) is 0. The van der Waals surface area contributed by atoms with Crippen LogP contribution < -0.4 is 4.74 Å². The first-order valence-corrected chi connectivity index (χ1v) is 3.17. The van der Waals surface area contributed by atoms with E-state index in [1.807, 2.05) is 0 Å². The van der Waals surface area contributed by atoms with Crippen molar-refractivity contribution in [2.45, 2.75) is 0 Å². The van der Waals surface area contributed by atoms with Crippen molar-refractivity contribution in [3.63, 3.8) is 0 Å². The quantitative estimate of drug-likeness (QED) is 0.695. The molecule has 0 aliphatic carbocycles. The van der Waals surface area contributed by atoms with E-state index in [4.69, 9.17) is 6.48 Å². The predicted octanol–water partition coefficient (Wildman–Crippen LogP) is 1.10. The number of hydrogen-bond acceptors (Lipinski definition) is 3. The molecule has 4 nitrogen and oxygen atoms in total. The number of hydrogen-bond donors (Lipinski definition) is 2. The summed E-state index contributed by atoms with van der Waals surface area (Å²) in [5.74, 6) is -1.52. The molecule has 0 fully saturated rings. The van der Waals surface area contributed by atoms with Crippen LogP contribution in [-0.2, 0) is 0 Å². The number of carbonyl (C=O) groups is 1. The summed E-state index contributed by atoms with van der Waals surface area (Å²) in [6, 6.07) is 1.95. The van der Waals surface area contributed by atoms with Crippen molar-refractivity contribution in [2.24, 2.45) is 0 Å². The molecule has 0 heterocycles. The summed E-state index contributed by atoms with van der Waals surface area (Å²) in [5.41, 5.74) is -0.0837. The number of phenols is 1. The zero-order valence-corrected chi connectivity index (χ0v) is 6.37. The van der Waals surface area contributed by atoms with E-state index in [1.54, 1.807) is 0 Å². The maximum absolute atomic E-state index is 10.5. The lowest BCUT2D eigenvalue weighted by Crippen LogP contribution is -1.96. The van der Waals surface area contributed by atoms with Crippen LogP contribution in [0.15, 0.2) is 18.2 Å². The second kappa shape index (κ2) is 3.13. The number of rotatable bonds is 2. The summed E-state index contributed by atoms with van der Waals surface area (Å²) in [7, 11) is 1.29. The molecule has 0 aliphatic rings. The van der Waals surface area contributed by atoms with Gasteiger partial charge in [-0.3, -0.25) is 0 Å². The summed E-state index contributed by atoms with van der Waals surface area (Å²) in [4.78, 5) is 10.5. The minimum Gasteiger partial charge on any atom is -0.504 e. The first-order chi connectivity index (χ1) is 6.06. The number of phenolic OH excluding ortho intramolecular Hbond substituents is 1. The second-order valence-corrected chi connectivity index (χ2v) is 2.11. The van der Waals surface area contributed by atoms with Crippen LogP contribution in [0.25, 0.3) is 0 Å². The number of methoxy groups -OCH3 is 1. The van der Waals surface area contributed by atoms with E-state index < -0.39 is 5.97 Å². The third-order valence-corrected chi connectivity index (χ3v) is 1.35. The lowest BCUT2D eigenvalue weighted by Gasteiger charge is -2.02. The maximum Gasteiger partial charge on any atom is 0.335 e. The van der Waals surface area contributed by atoms with Gasteiger partial charge in [0.1, 0.15) is 0 Å². The average Bonchev–Trinajstić information content (AvgIpc) is 2.09. The third-order valence-electron chi connectivity index (χ3n) is 1.35. The number of benzene rings is 1. The Morgan fingerprint density at radius 3 is 2.92 bits per heavy atom. The average molecular weight is 169 g/mol. The Hall–Kier alpha value is -1.71. The molecule has 1 aromatic rings. The van der Waals surface area contributed by atoms with Gasteiger partial charge in [0.05, 0.1) is 14.0 Å². The van der Waals surface area contributed by atoms with E-state index >= 15 is 0 Å². The minimum atomic E-state index is -1.16. The number of carboxylic acids is 1. The van der Waals surface area contributed by atoms with E-state index in [0.29, 0.717) is 0 Å². The van der Waals surface area contributed by atoms with Crippen molar-refractivity contribution in [3.05, 3.63) is 23.7 Å². The highest BCUT2D eigenvalue weighted by atomic mass is 16.5. The number of carboxylic acid groups (broad SMARTS) is 1. The fourth-order valence-corrected chi connectivity index (χ4v) is 0.748. The van der Waals surface area contributed by atoms with E-state index in [2.05, 4.69) is 4.74 Å². The molecule has 0 saturated heterocycles. The molecule has 1 aromatic carbocycles. The third kappa shape index (κ3) is 1.47. The SMILES string of the molecule is [2H]c1cc(C(=O)O)cc(OC)c1O. The molecule has 0 aromatic heterocycles. The van der Waals surface area contributed by atoms with Crippen LogP contribution in [0.4, 0.5) is 0 Å². The van der Waals surface area contributed by atoms with Crippen molar-refractivity contribution >= 4 is 5.97 Å². The summed E-state index contributed by atoms with van der Waals surface area (Å²) in [6.07, 6.45) is 0. The van der Waals surface area contributed by atoms with Crippen LogP contribution in [0.3, 0.4) is 0 Å². The Morgan fingerprint density at radius 1 is 1.75 bits per heavy atom. The van der Waals surface area contributed by atoms with E-state index in [-0.39, 0.29) is 23.1 Å². The summed E-state index contributed by atoms with van der Waals surface area (Å²) in [5, 5.41) is 17.8. The molecule has 0 spiro atoms. The molecule has 0 unspecified atom stereocenters. The van der Waals surface area contributed by atoms with Crippen LogP contribution in [0, 0.1) is 0 Å². The molecule has 0 atom stereocenters. The van der Waals surface area contributed by atoms with Crippen LogP contribution >= 0.6 is 0 Å². The van der Waals surface area contributed by atoms with Gasteiger partial charge in [-0.2, -0.15) is 0 Å². The molecular weight excluding hydrogens is 160 g/mol. The number of aromatic hydroxyl groups is 1. The Kier molecular flexibility index (Phi) is 1.82. The van der Waals surface area contributed by atoms with Crippen molar-refractivity contribution in [3.8, 4) is 11.5 Å². The molecule has 64 valence electrons. The fourth-order valence-electron chi connectivity index (χ4n) is 0.748. The van der Waals surface area contributed by atoms with Gasteiger partial charge >= 0.3 is 5.97 Å². The van der Waals surface area contributed by atoms with Crippen LogP contribution in [0.1, 0.15) is 11.7 Å². The first kappa shape index (κ1) is 6.97. The molecular formula is C8H8O4. The van der Waals surface area contributed by atoms with Crippen LogP contribution in [0.5, 0.6) is 11.5 Å². The molecule has 0 aliphatic heterocycles. The Balaban J connectivity index is 3.30. The van der Waals surface area contributed by atoms with Gasteiger partial charge in [0.25, 0.3) is 0 Å². The fraction of sp³-hybridized carbons (Fsp3) is 0.125. The lowest BCUT2D eigenvalue weighted by molar-refractivity contribution is 0.0696. The highest BCUT2D eigenvalue weighted by Crippen LogP contribution is 2.25. The second-order valence-electron chi connectivity index (χ2n) is 2.11. The largest absolute Gasteiger partial charge is 0.504 e. The normalized spacial score (nSPS) is 10.6. The molecule has 0 radical (unpaired) electrons. The summed E-state index contributed by atoms with van der Waals surface area (Å²) < 4.78 is 11.9. The van der Waals surface area contributed by atoms with Crippen molar-refractivity contribution in [2.75, 3.05) is 7.11 Å². The molecule has 12 heavy (non-hydrogen) atoms. The van der Waals surface area contributed by atoms with E-state index in [9.17, 15) is 9.90 Å². The number of ether oxygens (including phenoxy) is 1. The van der Waals surface area contributed by atoms with Gasteiger partial charge in [0.15, 0.2) is 11.5 Å². The van der Waals surface area contributed by atoms with Crippen molar-refractivity contribution in [1.29, 1.82) is 0 Å². The van der Waals surface area contributed by atoms with Gasteiger partial charge in [-0.1, -0.05) is 0 Å². The number of aromatic carboxylic acids is 1. The maximum atomic E-state index is 10.5. The first-order valence-electron chi connectivity index (χ1n) is 3.67. The molecule has 4 heteroatoms. The highest BCUT2D eigenvalue weighted by Gasteiger charge is 2.06. The zero-order chi connectivity index (χ0) is 10.0.